The van der Waals surface area contributed by atoms with Crippen LogP contribution < -0.4 is 0 Å². The Morgan fingerprint density at radius 3 is 2.71 bits per heavy atom. The number of hydrogen-bond acceptors (Lipinski definition) is 4. The Labute approximate surface area is 111 Å². The highest BCUT2D eigenvalue weighted by Gasteiger charge is 2.13. The Hall–Kier alpha value is -1.18. The molecule has 0 fully saturated rings. The fraction of sp³-hybridized carbons (Fsp3) is 0.333. The predicted molar refractivity (Wildman–Crippen MR) is 68.3 cm³/mol. The third kappa shape index (κ3) is 3.65. The van der Waals surface area contributed by atoms with E-state index in [1.807, 2.05) is 0 Å². The van der Waals surface area contributed by atoms with E-state index >= 15 is 0 Å². The Balaban J connectivity index is 3.10. The normalized spacial score (nSPS) is 9.76. The molecule has 0 aliphatic carbocycles. The van der Waals surface area contributed by atoms with Crippen LogP contribution in [0.1, 0.15) is 23.6 Å². The third-order valence-corrected chi connectivity index (χ3v) is 2.73. The number of thiol groups is 1. The highest BCUT2D eigenvalue weighted by molar-refractivity contribution is 7.80. The molecule has 1 aromatic carbocycles. The van der Waals surface area contributed by atoms with Crippen molar-refractivity contribution in [2.75, 3.05) is 6.61 Å². The van der Waals surface area contributed by atoms with Crippen LogP contribution in [0.15, 0.2) is 17.0 Å². The maximum Gasteiger partial charge on any atom is 0.310 e. The van der Waals surface area contributed by atoms with E-state index < -0.39 is 0 Å². The molecule has 0 amide bonds. The second-order valence-corrected chi connectivity index (χ2v) is 4.15. The fourth-order valence-corrected chi connectivity index (χ4v) is 2.03. The van der Waals surface area contributed by atoms with E-state index in [0.29, 0.717) is 28.2 Å². The molecule has 0 heterocycles. The molecule has 0 aliphatic heterocycles. The first-order chi connectivity index (χ1) is 8.12. The average molecular weight is 270 g/mol. The summed E-state index contributed by atoms with van der Waals surface area (Å²) >= 11 is 9.97. The molecule has 0 saturated heterocycles. The second-order valence-electron chi connectivity index (χ2n) is 3.37. The maximum atomic E-state index is 11.4. The Morgan fingerprint density at radius 2 is 2.18 bits per heavy atom. The number of nitrogens with zero attached hydrogens (tertiary/aromatic N) is 1. The van der Waals surface area contributed by atoms with Gasteiger partial charge in [-0.3, -0.25) is 4.79 Å². The second kappa shape index (κ2) is 6.53. The monoisotopic (exact) mass is 269 g/mol. The van der Waals surface area contributed by atoms with Crippen molar-refractivity contribution < 1.29 is 9.53 Å². The average Bonchev–Trinajstić information content (AvgIpc) is 2.28. The van der Waals surface area contributed by atoms with Gasteiger partial charge in [0.2, 0.25) is 0 Å². The van der Waals surface area contributed by atoms with Gasteiger partial charge in [-0.25, -0.2) is 0 Å². The van der Waals surface area contributed by atoms with E-state index in [2.05, 4.69) is 18.7 Å². The van der Waals surface area contributed by atoms with E-state index in [-0.39, 0.29) is 18.3 Å². The molecule has 0 saturated carbocycles. The summed E-state index contributed by atoms with van der Waals surface area (Å²) in [5.41, 5.74) is 1.72. The SMILES string of the molecule is CCOC(=O)Cc1cc(S)cc(CCl)c1C#N. The van der Waals surface area contributed by atoms with Crippen LogP contribution in [0.5, 0.6) is 0 Å². The molecule has 17 heavy (non-hydrogen) atoms. The molecule has 0 radical (unpaired) electrons. The minimum atomic E-state index is -0.358. The Kier molecular flexibility index (Phi) is 5.33. The van der Waals surface area contributed by atoms with E-state index in [9.17, 15) is 4.79 Å². The van der Waals surface area contributed by atoms with Gasteiger partial charge in [-0.2, -0.15) is 5.26 Å². The summed E-state index contributed by atoms with van der Waals surface area (Å²) in [5.74, 6) is -0.143. The van der Waals surface area contributed by atoms with Gasteiger partial charge in [0, 0.05) is 10.8 Å². The highest BCUT2D eigenvalue weighted by Crippen LogP contribution is 2.22. The number of nitriles is 1. The van der Waals surface area contributed by atoms with Gasteiger partial charge in [-0.15, -0.1) is 24.2 Å². The van der Waals surface area contributed by atoms with Crippen LogP contribution in [0.4, 0.5) is 0 Å². The number of ether oxygens (including phenoxy) is 1. The zero-order valence-electron chi connectivity index (χ0n) is 9.36. The molecule has 0 atom stereocenters. The van der Waals surface area contributed by atoms with Gasteiger partial charge in [0.15, 0.2) is 0 Å². The summed E-state index contributed by atoms with van der Waals surface area (Å²) in [7, 11) is 0. The lowest BCUT2D eigenvalue weighted by atomic mass is 10.0. The van der Waals surface area contributed by atoms with Crippen molar-refractivity contribution in [1.82, 2.24) is 0 Å². The number of carbonyl (C=O) groups is 1. The van der Waals surface area contributed by atoms with Crippen molar-refractivity contribution in [2.45, 2.75) is 24.1 Å². The summed E-state index contributed by atoms with van der Waals surface area (Å²) in [4.78, 5) is 12.1. The Morgan fingerprint density at radius 1 is 1.53 bits per heavy atom. The number of esters is 1. The number of rotatable bonds is 4. The molecule has 1 rings (SSSR count). The molecule has 1 aromatic rings. The van der Waals surface area contributed by atoms with E-state index in [4.69, 9.17) is 21.6 Å². The van der Waals surface area contributed by atoms with E-state index in [1.165, 1.54) is 0 Å². The number of alkyl halides is 1. The van der Waals surface area contributed by atoms with Crippen molar-refractivity contribution in [3.05, 3.63) is 28.8 Å². The molecule has 0 spiro atoms. The van der Waals surface area contributed by atoms with Crippen molar-refractivity contribution in [3.63, 3.8) is 0 Å². The molecule has 0 bridgehead atoms. The molecular weight excluding hydrogens is 258 g/mol. The fourth-order valence-electron chi connectivity index (χ4n) is 1.51. The third-order valence-electron chi connectivity index (χ3n) is 2.18. The predicted octanol–water partition coefficient (Wildman–Crippen LogP) is 2.69. The van der Waals surface area contributed by atoms with Crippen LogP contribution in [0.2, 0.25) is 0 Å². The first kappa shape index (κ1) is 13.9. The smallest absolute Gasteiger partial charge is 0.310 e. The van der Waals surface area contributed by atoms with Gasteiger partial charge >= 0.3 is 5.97 Å². The minimum Gasteiger partial charge on any atom is -0.466 e. The van der Waals surface area contributed by atoms with Crippen LogP contribution in [-0.2, 0) is 21.8 Å². The number of carbonyl (C=O) groups excluding carboxylic acids is 1. The van der Waals surface area contributed by atoms with Crippen molar-refractivity contribution in [1.29, 1.82) is 5.26 Å². The van der Waals surface area contributed by atoms with Crippen LogP contribution in [0.25, 0.3) is 0 Å². The van der Waals surface area contributed by atoms with Gasteiger partial charge in [0.05, 0.1) is 24.7 Å². The number of hydrogen-bond donors (Lipinski definition) is 1. The van der Waals surface area contributed by atoms with Gasteiger partial charge in [-0.05, 0) is 30.2 Å². The van der Waals surface area contributed by atoms with Gasteiger partial charge < -0.3 is 4.74 Å². The molecule has 0 aliphatic rings. The van der Waals surface area contributed by atoms with Crippen LogP contribution >= 0.6 is 24.2 Å². The Bertz CT molecular complexity index is 468. The van der Waals surface area contributed by atoms with Crippen LogP contribution in [0.3, 0.4) is 0 Å². The quantitative estimate of drug-likeness (QED) is 0.519. The summed E-state index contributed by atoms with van der Waals surface area (Å²) in [6.07, 6.45) is 0.0645. The lowest BCUT2D eigenvalue weighted by molar-refractivity contribution is -0.142. The molecular formula is C12H12ClNO2S. The molecule has 3 nitrogen and oxygen atoms in total. The standard InChI is InChI=1S/C12H12ClNO2S/c1-2-16-12(15)5-8-3-10(17)4-9(6-13)11(8)7-14/h3-4,17H,2,5-6H2,1H3. The summed E-state index contributed by atoms with van der Waals surface area (Å²) in [5, 5.41) is 9.08. The number of benzene rings is 1. The summed E-state index contributed by atoms with van der Waals surface area (Å²) < 4.78 is 4.85. The topological polar surface area (TPSA) is 50.1 Å². The molecule has 5 heteroatoms. The zero-order chi connectivity index (χ0) is 12.8. The zero-order valence-corrected chi connectivity index (χ0v) is 11.0. The maximum absolute atomic E-state index is 11.4. The van der Waals surface area contributed by atoms with Crippen LogP contribution in [0, 0.1) is 11.3 Å². The largest absolute Gasteiger partial charge is 0.466 e. The molecule has 90 valence electrons. The minimum absolute atomic E-state index is 0.0645. The first-order valence-electron chi connectivity index (χ1n) is 5.08. The molecule has 0 N–H and O–H groups in total. The number of halogens is 1. The summed E-state index contributed by atoms with van der Waals surface area (Å²) in [6.45, 7) is 2.06. The van der Waals surface area contributed by atoms with Gasteiger partial charge in [0.1, 0.15) is 0 Å². The van der Waals surface area contributed by atoms with Crippen molar-refractivity contribution in [2.24, 2.45) is 0 Å². The lowest BCUT2D eigenvalue weighted by Crippen LogP contribution is -2.09. The van der Waals surface area contributed by atoms with E-state index in [1.54, 1.807) is 19.1 Å². The van der Waals surface area contributed by atoms with Gasteiger partial charge in [-0.1, -0.05) is 0 Å². The molecule has 0 aromatic heterocycles. The summed E-state index contributed by atoms with van der Waals surface area (Å²) in [6, 6.07) is 5.48. The lowest BCUT2D eigenvalue weighted by Gasteiger charge is -2.08. The highest BCUT2D eigenvalue weighted by atomic mass is 35.5. The van der Waals surface area contributed by atoms with E-state index in [0.717, 1.165) is 0 Å². The molecule has 0 unspecified atom stereocenters. The van der Waals surface area contributed by atoms with Crippen LogP contribution in [-0.4, -0.2) is 12.6 Å². The van der Waals surface area contributed by atoms with Crippen molar-refractivity contribution >= 4 is 30.2 Å². The first-order valence-corrected chi connectivity index (χ1v) is 6.07. The van der Waals surface area contributed by atoms with Gasteiger partial charge in [0.25, 0.3) is 0 Å². The van der Waals surface area contributed by atoms with Crippen molar-refractivity contribution in [3.8, 4) is 6.07 Å².